The monoisotopic (exact) mass is 435 g/mol. The highest BCUT2D eigenvalue weighted by molar-refractivity contribution is 6.16. The number of nitrogens with zero attached hydrogens (tertiary/aromatic N) is 4. The zero-order chi connectivity index (χ0) is 23.1. The Morgan fingerprint density at radius 3 is 2.72 bits per heavy atom. The number of rotatable bonds is 9. The molecule has 9 nitrogen and oxygen atoms in total. The number of pyridine rings is 1. The quantitative estimate of drug-likeness (QED) is 0.348. The normalized spacial score (nSPS) is 10.3. The molecule has 164 valence electrons. The Bertz CT molecular complexity index is 1140. The highest BCUT2D eigenvalue weighted by atomic mass is 19.1. The second-order valence-corrected chi connectivity index (χ2v) is 6.53. The number of para-hydroxylation sites is 1. The number of methoxy groups -OCH3 is 1. The standard InChI is InChI=1S/C22H22FN7O2/c1-3-17(31)30(15-7-5-4-6-8-15)10-9-26-21-18(20(25)28-13-29-21)19(24)14-11-16(23)22(32-2)27-12-14/h3-8,11-13,24H,1,9-10H2,2H3,(H3,25,26,28,29). The number of anilines is 3. The maximum absolute atomic E-state index is 14.1. The molecule has 3 aromatic rings. The molecular formula is C22H22FN7O2. The molecule has 0 spiro atoms. The number of amides is 1. The number of carbonyl (C=O) groups is 1. The summed E-state index contributed by atoms with van der Waals surface area (Å²) in [6, 6.07) is 10.3. The Kier molecular flexibility index (Phi) is 7.06. The van der Waals surface area contributed by atoms with Crippen molar-refractivity contribution in [2.75, 3.05) is 36.1 Å². The maximum Gasteiger partial charge on any atom is 0.250 e. The van der Waals surface area contributed by atoms with Crippen molar-refractivity contribution in [3.05, 3.63) is 78.5 Å². The van der Waals surface area contributed by atoms with E-state index in [0.717, 1.165) is 6.07 Å². The molecule has 3 rings (SSSR count). The Morgan fingerprint density at radius 1 is 1.31 bits per heavy atom. The van der Waals surface area contributed by atoms with Crippen molar-refractivity contribution >= 4 is 28.9 Å². The van der Waals surface area contributed by atoms with Crippen LogP contribution in [0, 0.1) is 11.2 Å². The van der Waals surface area contributed by atoms with Gasteiger partial charge in [0.25, 0.3) is 0 Å². The molecule has 0 saturated heterocycles. The summed E-state index contributed by atoms with van der Waals surface area (Å²) in [5, 5.41) is 11.6. The minimum absolute atomic E-state index is 0.0470. The van der Waals surface area contributed by atoms with E-state index in [1.165, 1.54) is 25.7 Å². The second kappa shape index (κ2) is 10.1. The third kappa shape index (κ3) is 4.86. The van der Waals surface area contributed by atoms with Gasteiger partial charge in [0.05, 0.1) is 18.4 Å². The van der Waals surface area contributed by atoms with Crippen molar-refractivity contribution in [3.63, 3.8) is 0 Å². The Balaban J connectivity index is 1.81. The van der Waals surface area contributed by atoms with E-state index in [9.17, 15) is 9.18 Å². The summed E-state index contributed by atoms with van der Waals surface area (Å²) in [6.07, 6.45) is 3.80. The molecule has 2 heterocycles. The van der Waals surface area contributed by atoms with Gasteiger partial charge in [-0.1, -0.05) is 24.8 Å². The fourth-order valence-electron chi connectivity index (χ4n) is 3.01. The van der Waals surface area contributed by atoms with Crippen LogP contribution in [0.1, 0.15) is 11.1 Å². The van der Waals surface area contributed by atoms with Gasteiger partial charge in [-0.15, -0.1) is 0 Å². The third-order valence-electron chi connectivity index (χ3n) is 4.55. The Morgan fingerprint density at radius 2 is 2.06 bits per heavy atom. The summed E-state index contributed by atoms with van der Waals surface area (Å²) < 4.78 is 18.9. The first-order valence-corrected chi connectivity index (χ1v) is 9.58. The number of nitrogen functional groups attached to an aromatic ring is 1. The summed E-state index contributed by atoms with van der Waals surface area (Å²) in [6.45, 7) is 4.14. The lowest BCUT2D eigenvalue weighted by molar-refractivity contribution is -0.114. The molecule has 1 amide bonds. The minimum Gasteiger partial charge on any atom is -0.479 e. The van der Waals surface area contributed by atoms with E-state index in [-0.39, 0.29) is 40.3 Å². The second-order valence-electron chi connectivity index (χ2n) is 6.53. The van der Waals surface area contributed by atoms with E-state index < -0.39 is 5.82 Å². The van der Waals surface area contributed by atoms with Crippen molar-refractivity contribution in [1.82, 2.24) is 15.0 Å². The summed E-state index contributed by atoms with van der Waals surface area (Å²) in [5.41, 5.74) is 6.98. The first kappa shape index (κ1) is 22.3. The van der Waals surface area contributed by atoms with Gasteiger partial charge >= 0.3 is 0 Å². The lowest BCUT2D eigenvalue weighted by Crippen LogP contribution is -2.34. The van der Waals surface area contributed by atoms with Gasteiger partial charge < -0.3 is 20.7 Å². The number of halogens is 1. The number of carbonyl (C=O) groups excluding carboxylic acids is 1. The van der Waals surface area contributed by atoms with Crippen LogP contribution in [0.25, 0.3) is 0 Å². The van der Waals surface area contributed by atoms with Gasteiger partial charge in [-0.05, 0) is 24.3 Å². The van der Waals surface area contributed by atoms with Crippen LogP contribution in [0.5, 0.6) is 5.88 Å². The van der Waals surface area contributed by atoms with Gasteiger partial charge in [0.1, 0.15) is 18.0 Å². The summed E-state index contributed by atoms with van der Waals surface area (Å²) in [4.78, 5) is 25.8. The van der Waals surface area contributed by atoms with Crippen molar-refractivity contribution in [3.8, 4) is 5.88 Å². The molecule has 32 heavy (non-hydrogen) atoms. The first-order chi connectivity index (χ1) is 15.5. The molecular weight excluding hydrogens is 413 g/mol. The van der Waals surface area contributed by atoms with Crippen molar-refractivity contribution in [1.29, 1.82) is 5.41 Å². The van der Waals surface area contributed by atoms with Crippen LogP contribution < -0.4 is 20.7 Å². The minimum atomic E-state index is -0.707. The summed E-state index contributed by atoms with van der Waals surface area (Å²) >= 11 is 0. The molecule has 2 aromatic heterocycles. The van der Waals surface area contributed by atoms with Gasteiger partial charge in [-0.25, -0.2) is 19.3 Å². The first-order valence-electron chi connectivity index (χ1n) is 9.58. The molecule has 0 bridgehead atoms. The summed E-state index contributed by atoms with van der Waals surface area (Å²) in [7, 11) is 1.30. The van der Waals surface area contributed by atoms with Crippen molar-refractivity contribution < 1.29 is 13.9 Å². The molecule has 0 atom stereocenters. The highest BCUT2D eigenvalue weighted by Crippen LogP contribution is 2.23. The number of ether oxygens (including phenoxy) is 1. The lowest BCUT2D eigenvalue weighted by Gasteiger charge is -2.22. The smallest absolute Gasteiger partial charge is 0.250 e. The van der Waals surface area contributed by atoms with E-state index in [1.54, 1.807) is 4.90 Å². The van der Waals surface area contributed by atoms with Crippen LogP contribution in [0.3, 0.4) is 0 Å². The average Bonchev–Trinajstić information content (AvgIpc) is 2.81. The van der Waals surface area contributed by atoms with E-state index in [0.29, 0.717) is 18.8 Å². The zero-order valence-electron chi connectivity index (χ0n) is 17.4. The highest BCUT2D eigenvalue weighted by Gasteiger charge is 2.19. The molecule has 10 heteroatoms. The largest absolute Gasteiger partial charge is 0.479 e. The molecule has 1 aromatic carbocycles. The van der Waals surface area contributed by atoms with Gasteiger partial charge in [0, 0.05) is 30.5 Å². The Labute approximate surface area is 184 Å². The predicted molar refractivity (Wildman–Crippen MR) is 121 cm³/mol. The van der Waals surface area contributed by atoms with Crippen LogP contribution in [-0.2, 0) is 4.79 Å². The predicted octanol–water partition coefficient (Wildman–Crippen LogP) is 2.65. The maximum atomic E-state index is 14.1. The molecule has 0 aliphatic heterocycles. The van der Waals surface area contributed by atoms with Crippen LogP contribution >= 0.6 is 0 Å². The SMILES string of the molecule is C=CC(=O)N(CCNc1ncnc(N)c1C(=N)c1cnc(OC)c(F)c1)c1ccccc1. The number of nitrogens with one attached hydrogen (secondary N) is 2. The molecule has 0 radical (unpaired) electrons. The topological polar surface area (TPSA) is 130 Å². The van der Waals surface area contributed by atoms with Crippen LogP contribution in [0.4, 0.5) is 21.7 Å². The number of aromatic nitrogens is 3. The molecule has 0 aliphatic carbocycles. The lowest BCUT2D eigenvalue weighted by atomic mass is 10.0. The van der Waals surface area contributed by atoms with Crippen LogP contribution in [0.15, 0.2) is 61.6 Å². The third-order valence-corrected chi connectivity index (χ3v) is 4.55. The summed E-state index contributed by atoms with van der Waals surface area (Å²) in [5.74, 6) is -0.817. The molecule has 0 fully saturated rings. The van der Waals surface area contributed by atoms with Crippen LogP contribution in [0.2, 0.25) is 0 Å². The van der Waals surface area contributed by atoms with E-state index in [1.807, 2.05) is 30.3 Å². The van der Waals surface area contributed by atoms with E-state index in [4.69, 9.17) is 15.9 Å². The van der Waals surface area contributed by atoms with E-state index >= 15 is 0 Å². The number of hydrogen-bond acceptors (Lipinski definition) is 8. The van der Waals surface area contributed by atoms with E-state index in [2.05, 4.69) is 26.8 Å². The molecule has 0 saturated carbocycles. The average molecular weight is 435 g/mol. The number of hydrogen-bond donors (Lipinski definition) is 3. The van der Waals surface area contributed by atoms with Gasteiger partial charge in [0.2, 0.25) is 11.8 Å². The fourth-order valence-corrected chi connectivity index (χ4v) is 3.01. The zero-order valence-corrected chi connectivity index (χ0v) is 17.4. The van der Waals surface area contributed by atoms with Crippen LogP contribution in [-0.4, -0.2) is 46.8 Å². The van der Waals surface area contributed by atoms with Gasteiger partial charge in [0.15, 0.2) is 5.82 Å². The van der Waals surface area contributed by atoms with Gasteiger partial charge in [-0.2, -0.15) is 0 Å². The fraction of sp³-hybridized carbons (Fsp3) is 0.136. The molecule has 4 N–H and O–H groups in total. The molecule has 0 unspecified atom stereocenters. The molecule has 0 aliphatic rings. The number of benzene rings is 1. The van der Waals surface area contributed by atoms with Gasteiger partial charge in [-0.3, -0.25) is 10.2 Å². The number of nitrogens with two attached hydrogens (primary N) is 1. The van der Waals surface area contributed by atoms with Crippen molar-refractivity contribution in [2.45, 2.75) is 0 Å². The van der Waals surface area contributed by atoms with Crippen molar-refractivity contribution in [2.24, 2.45) is 0 Å². The Hall–Kier alpha value is -4.34.